The van der Waals surface area contributed by atoms with E-state index >= 15 is 0 Å². The van der Waals surface area contributed by atoms with Crippen molar-refractivity contribution in [2.75, 3.05) is 34.8 Å². The second kappa shape index (κ2) is 7.13. The van der Waals surface area contributed by atoms with E-state index in [4.69, 9.17) is 11.6 Å². The highest BCUT2D eigenvalue weighted by Gasteiger charge is 2.17. The molecule has 1 amide bonds. The summed E-state index contributed by atoms with van der Waals surface area (Å²) in [5, 5.41) is 7.63. The van der Waals surface area contributed by atoms with Crippen molar-refractivity contribution in [2.24, 2.45) is 0 Å². The summed E-state index contributed by atoms with van der Waals surface area (Å²) in [7, 11) is 0. The zero-order valence-electron chi connectivity index (χ0n) is 14.1. The lowest BCUT2D eigenvalue weighted by Crippen LogP contribution is -2.32. The minimum Gasteiger partial charge on any atom is -0.369 e. The first-order valence-electron chi connectivity index (χ1n) is 8.24. The molecule has 1 fully saturated rings. The molecule has 3 aromatic rings. The summed E-state index contributed by atoms with van der Waals surface area (Å²) in [6, 6.07) is 7.35. The maximum Gasteiger partial charge on any atom is 0.295 e. The first-order chi connectivity index (χ1) is 12.6. The number of fused-ring (bicyclic) bond motifs is 1. The number of benzene rings is 1. The van der Waals surface area contributed by atoms with Gasteiger partial charge in [-0.05, 0) is 31.2 Å². The molecule has 2 aromatic heterocycles. The molecular formula is C17H17ClN6OS. The molecule has 1 aliphatic rings. The van der Waals surface area contributed by atoms with E-state index in [0.717, 1.165) is 36.0 Å². The van der Waals surface area contributed by atoms with Crippen LogP contribution in [-0.2, 0) is 0 Å². The number of nitrogens with one attached hydrogen (secondary N) is 1. The van der Waals surface area contributed by atoms with Gasteiger partial charge in [0.15, 0.2) is 0 Å². The molecule has 1 aliphatic heterocycles. The Morgan fingerprint density at radius 3 is 2.81 bits per heavy atom. The van der Waals surface area contributed by atoms with Crippen molar-refractivity contribution in [1.29, 1.82) is 0 Å². The van der Waals surface area contributed by atoms with Gasteiger partial charge in [0.25, 0.3) is 11.7 Å². The molecular weight excluding hydrogens is 372 g/mol. The minimum atomic E-state index is -0.395. The molecule has 9 heteroatoms. The van der Waals surface area contributed by atoms with Gasteiger partial charge in [-0.3, -0.25) is 4.79 Å². The lowest BCUT2D eigenvalue weighted by molar-refractivity contribution is 0.101. The van der Waals surface area contributed by atoms with Crippen LogP contribution in [0.1, 0.15) is 16.3 Å². The normalized spacial score (nSPS) is 14.6. The fourth-order valence-corrected chi connectivity index (χ4v) is 4.04. The molecule has 7 nitrogen and oxygen atoms in total. The topological polar surface area (TPSA) is 75.4 Å². The van der Waals surface area contributed by atoms with E-state index in [-0.39, 0.29) is 5.82 Å². The lowest BCUT2D eigenvalue weighted by Gasteiger charge is -2.29. The smallest absolute Gasteiger partial charge is 0.295 e. The Hall–Kier alpha value is -2.32. The van der Waals surface area contributed by atoms with Gasteiger partial charge in [-0.1, -0.05) is 11.6 Å². The number of halogens is 1. The number of rotatable bonds is 3. The second-order valence-corrected chi connectivity index (χ2v) is 7.59. The molecule has 0 bridgehead atoms. The highest BCUT2D eigenvalue weighted by Crippen LogP contribution is 2.30. The van der Waals surface area contributed by atoms with Crippen molar-refractivity contribution >= 4 is 46.4 Å². The predicted molar refractivity (Wildman–Crippen MR) is 104 cm³/mol. The largest absolute Gasteiger partial charge is 0.369 e. The standard InChI is InChI=1S/C17H17ClN6OS/c1-11-4-5-19-17-21-15(22-24(11)17)16(25)20-12-2-3-14(13(18)10-12)23-6-8-26-9-7-23/h2-5,10H,6-9H2,1H3,(H,20,25). The molecule has 4 rings (SSSR count). The van der Waals surface area contributed by atoms with Gasteiger partial charge in [-0.15, -0.1) is 5.10 Å². The van der Waals surface area contributed by atoms with Crippen LogP contribution >= 0.6 is 23.4 Å². The maximum absolute atomic E-state index is 12.5. The Kier molecular flexibility index (Phi) is 4.69. The summed E-state index contributed by atoms with van der Waals surface area (Å²) >= 11 is 8.38. The van der Waals surface area contributed by atoms with Gasteiger partial charge in [-0.25, -0.2) is 9.50 Å². The average Bonchev–Trinajstić information content (AvgIpc) is 3.08. The van der Waals surface area contributed by atoms with Crippen molar-refractivity contribution in [2.45, 2.75) is 6.92 Å². The van der Waals surface area contributed by atoms with Crippen LogP contribution in [0.3, 0.4) is 0 Å². The minimum absolute atomic E-state index is 0.0695. The zero-order valence-corrected chi connectivity index (χ0v) is 15.7. The maximum atomic E-state index is 12.5. The van der Waals surface area contributed by atoms with E-state index in [2.05, 4.69) is 25.3 Å². The highest BCUT2D eigenvalue weighted by atomic mass is 35.5. The van der Waals surface area contributed by atoms with Crippen LogP contribution in [0.5, 0.6) is 0 Å². The van der Waals surface area contributed by atoms with Crippen molar-refractivity contribution < 1.29 is 4.79 Å². The quantitative estimate of drug-likeness (QED) is 0.743. The number of carbonyl (C=O) groups is 1. The number of hydrogen-bond acceptors (Lipinski definition) is 6. The Morgan fingerprint density at radius 1 is 1.27 bits per heavy atom. The molecule has 0 unspecified atom stereocenters. The van der Waals surface area contributed by atoms with E-state index in [1.54, 1.807) is 22.8 Å². The van der Waals surface area contributed by atoms with E-state index < -0.39 is 5.91 Å². The Bertz CT molecular complexity index is 969. The summed E-state index contributed by atoms with van der Waals surface area (Å²) in [6.07, 6.45) is 1.64. The fraction of sp³-hybridized carbons (Fsp3) is 0.294. The van der Waals surface area contributed by atoms with Crippen LogP contribution in [0.15, 0.2) is 30.5 Å². The molecule has 1 N–H and O–H groups in total. The third-order valence-electron chi connectivity index (χ3n) is 4.19. The van der Waals surface area contributed by atoms with Gasteiger partial charge >= 0.3 is 0 Å². The van der Waals surface area contributed by atoms with Gasteiger partial charge in [0.1, 0.15) is 0 Å². The third-order valence-corrected chi connectivity index (χ3v) is 5.44. The first kappa shape index (κ1) is 17.1. The van der Waals surface area contributed by atoms with Crippen LogP contribution < -0.4 is 10.2 Å². The van der Waals surface area contributed by atoms with Crippen molar-refractivity contribution in [1.82, 2.24) is 19.6 Å². The SMILES string of the molecule is Cc1ccnc2nc(C(=O)Nc3ccc(N4CCSCC4)c(Cl)c3)nn12. The monoisotopic (exact) mass is 388 g/mol. The molecule has 0 saturated carbocycles. The number of hydrogen-bond donors (Lipinski definition) is 1. The summed E-state index contributed by atoms with van der Waals surface area (Å²) in [4.78, 5) is 23.0. The van der Waals surface area contributed by atoms with Crippen LogP contribution in [-0.4, -0.2) is 50.1 Å². The van der Waals surface area contributed by atoms with Crippen LogP contribution in [0.2, 0.25) is 5.02 Å². The van der Waals surface area contributed by atoms with E-state index in [1.807, 2.05) is 30.8 Å². The second-order valence-electron chi connectivity index (χ2n) is 5.95. The summed E-state index contributed by atoms with van der Waals surface area (Å²) in [5.41, 5.74) is 2.46. The Balaban J connectivity index is 1.53. The number of anilines is 2. The summed E-state index contributed by atoms with van der Waals surface area (Å²) < 4.78 is 1.54. The van der Waals surface area contributed by atoms with E-state index in [0.29, 0.717) is 16.5 Å². The fourth-order valence-electron chi connectivity index (χ4n) is 2.83. The van der Waals surface area contributed by atoms with Crippen LogP contribution in [0, 0.1) is 6.92 Å². The van der Waals surface area contributed by atoms with E-state index in [9.17, 15) is 4.79 Å². The Labute approximate surface area is 159 Å². The molecule has 26 heavy (non-hydrogen) atoms. The summed E-state index contributed by atoms with van der Waals surface area (Å²) in [6.45, 7) is 3.84. The molecule has 0 radical (unpaired) electrons. The molecule has 1 saturated heterocycles. The van der Waals surface area contributed by atoms with Gasteiger partial charge < -0.3 is 10.2 Å². The van der Waals surface area contributed by atoms with Crippen LogP contribution in [0.4, 0.5) is 11.4 Å². The average molecular weight is 389 g/mol. The number of aryl methyl sites for hydroxylation is 1. The number of thioether (sulfide) groups is 1. The van der Waals surface area contributed by atoms with E-state index in [1.165, 1.54) is 0 Å². The molecule has 3 heterocycles. The molecule has 1 aromatic carbocycles. The lowest BCUT2D eigenvalue weighted by atomic mass is 10.2. The highest BCUT2D eigenvalue weighted by molar-refractivity contribution is 7.99. The van der Waals surface area contributed by atoms with Gasteiger partial charge in [0.05, 0.1) is 10.7 Å². The van der Waals surface area contributed by atoms with Crippen molar-refractivity contribution in [3.63, 3.8) is 0 Å². The molecule has 134 valence electrons. The summed E-state index contributed by atoms with van der Waals surface area (Å²) in [5.74, 6) is 2.27. The zero-order chi connectivity index (χ0) is 18.1. The number of nitrogens with zero attached hydrogens (tertiary/aromatic N) is 5. The van der Waals surface area contributed by atoms with Gasteiger partial charge in [0, 0.05) is 42.2 Å². The van der Waals surface area contributed by atoms with Gasteiger partial charge in [0.2, 0.25) is 5.82 Å². The van der Waals surface area contributed by atoms with Crippen LogP contribution in [0.25, 0.3) is 5.78 Å². The number of aromatic nitrogens is 4. The van der Waals surface area contributed by atoms with Crippen molar-refractivity contribution in [3.05, 3.63) is 47.0 Å². The number of carbonyl (C=O) groups excluding carboxylic acids is 1. The van der Waals surface area contributed by atoms with Crippen molar-refractivity contribution in [3.8, 4) is 0 Å². The third kappa shape index (κ3) is 3.34. The predicted octanol–water partition coefficient (Wildman–Crippen LogP) is 2.89. The molecule has 0 aliphatic carbocycles. The number of amides is 1. The molecule has 0 spiro atoms. The Morgan fingerprint density at radius 2 is 2.08 bits per heavy atom. The van der Waals surface area contributed by atoms with Gasteiger partial charge in [-0.2, -0.15) is 16.7 Å². The first-order valence-corrected chi connectivity index (χ1v) is 9.77. The molecule has 0 atom stereocenters.